The molecule has 0 spiro atoms. The van der Waals surface area contributed by atoms with E-state index in [1.54, 1.807) is 14.2 Å². The quantitative estimate of drug-likeness (QED) is 0.902. The molecule has 0 aromatic heterocycles. The van der Waals surface area contributed by atoms with Crippen molar-refractivity contribution in [2.75, 3.05) is 20.0 Å². The number of rotatable bonds is 4. The Balaban J connectivity index is 2.41. The minimum atomic E-state index is -0.0443. The summed E-state index contributed by atoms with van der Waals surface area (Å²) in [6.07, 6.45) is 2.38. The van der Waals surface area contributed by atoms with Gasteiger partial charge in [0.15, 0.2) is 0 Å². The fourth-order valence-corrected chi connectivity index (χ4v) is 4.57. The van der Waals surface area contributed by atoms with Gasteiger partial charge in [-0.1, -0.05) is 0 Å². The van der Waals surface area contributed by atoms with Gasteiger partial charge < -0.3 is 15.2 Å². The molecule has 1 aliphatic heterocycles. The van der Waals surface area contributed by atoms with Crippen molar-refractivity contribution in [3.05, 3.63) is 22.2 Å². The van der Waals surface area contributed by atoms with E-state index in [-0.39, 0.29) is 10.8 Å². The standard InChI is InChI=1S/C14H20BrNO2S/c1-14(7-4-8-19-14)13(16)9-5-6-10(17-2)11(15)12(9)18-3/h5-6,13H,4,7-8,16H2,1-3H3. The Labute approximate surface area is 127 Å². The van der Waals surface area contributed by atoms with Crippen molar-refractivity contribution in [1.29, 1.82) is 0 Å². The number of benzene rings is 1. The molecular weight excluding hydrogens is 326 g/mol. The highest BCUT2D eigenvalue weighted by Gasteiger charge is 2.38. The SMILES string of the molecule is COc1ccc(C(N)C2(C)CCCS2)c(OC)c1Br. The first-order chi connectivity index (χ1) is 9.03. The molecule has 1 aromatic rings. The van der Waals surface area contributed by atoms with Crippen LogP contribution in [0.15, 0.2) is 16.6 Å². The van der Waals surface area contributed by atoms with Gasteiger partial charge in [0.2, 0.25) is 0 Å². The largest absolute Gasteiger partial charge is 0.495 e. The molecule has 0 radical (unpaired) electrons. The third-order valence-corrected chi connectivity index (χ3v) is 6.12. The zero-order chi connectivity index (χ0) is 14.0. The number of halogens is 1. The molecule has 19 heavy (non-hydrogen) atoms. The highest BCUT2D eigenvalue weighted by atomic mass is 79.9. The van der Waals surface area contributed by atoms with Gasteiger partial charge >= 0.3 is 0 Å². The van der Waals surface area contributed by atoms with E-state index in [1.807, 2.05) is 23.9 Å². The molecule has 5 heteroatoms. The predicted molar refractivity (Wildman–Crippen MR) is 84.3 cm³/mol. The Bertz CT molecular complexity index is 461. The molecule has 0 saturated carbocycles. The lowest BCUT2D eigenvalue weighted by Gasteiger charge is -2.31. The lowest BCUT2D eigenvalue weighted by atomic mass is 9.90. The van der Waals surface area contributed by atoms with Crippen LogP contribution in [0, 0.1) is 0 Å². The second-order valence-corrected chi connectivity index (χ2v) is 7.37. The van der Waals surface area contributed by atoms with Crippen LogP contribution in [-0.2, 0) is 0 Å². The number of thioether (sulfide) groups is 1. The second kappa shape index (κ2) is 5.94. The van der Waals surface area contributed by atoms with Crippen molar-refractivity contribution >= 4 is 27.7 Å². The Hall–Kier alpha value is -0.390. The van der Waals surface area contributed by atoms with Crippen LogP contribution in [-0.4, -0.2) is 24.7 Å². The Morgan fingerprint density at radius 1 is 1.37 bits per heavy atom. The Morgan fingerprint density at radius 3 is 2.63 bits per heavy atom. The summed E-state index contributed by atoms with van der Waals surface area (Å²) >= 11 is 5.49. The van der Waals surface area contributed by atoms with E-state index in [0.29, 0.717) is 0 Å². The first kappa shape index (κ1) is 15.0. The van der Waals surface area contributed by atoms with E-state index in [2.05, 4.69) is 22.9 Å². The highest BCUT2D eigenvalue weighted by Crippen LogP contribution is 2.49. The summed E-state index contributed by atoms with van der Waals surface area (Å²) in [5, 5.41) is 0. The topological polar surface area (TPSA) is 44.5 Å². The molecule has 1 heterocycles. The van der Waals surface area contributed by atoms with E-state index >= 15 is 0 Å². The van der Waals surface area contributed by atoms with Gasteiger partial charge in [-0.15, -0.1) is 0 Å². The van der Waals surface area contributed by atoms with Gasteiger partial charge in [0.1, 0.15) is 16.0 Å². The molecule has 0 aliphatic carbocycles. The van der Waals surface area contributed by atoms with Crippen molar-refractivity contribution in [2.45, 2.75) is 30.6 Å². The molecule has 2 rings (SSSR count). The minimum absolute atomic E-state index is 0.0443. The van der Waals surface area contributed by atoms with E-state index in [0.717, 1.165) is 28.0 Å². The summed E-state index contributed by atoms with van der Waals surface area (Å²) in [5.74, 6) is 2.72. The second-order valence-electron chi connectivity index (χ2n) is 4.95. The van der Waals surface area contributed by atoms with Crippen LogP contribution in [0.5, 0.6) is 11.5 Å². The molecule has 1 aromatic carbocycles. The van der Waals surface area contributed by atoms with Crippen LogP contribution in [0.1, 0.15) is 31.4 Å². The monoisotopic (exact) mass is 345 g/mol. The summed E-state index contributed by atoms with van der Waals surface area (Å²) in [6, 6.07) is 3.90. The first-order valence-electron chi connectivity index (χ1n) is 6.33. The predicted octanol–water partition coefficient (Wildman–Crippen LogP) is 3.75. The molecule has 1 saturated heterocycles. The van der Waals surface area contributed by atoms with Crippen LogP contribution >= 0.6 is 27.7 Å². The van der Waals surface area contributed by atoms with E-state index < -0.39 is 0 Å². The summed E-state index contributed by atoms with van der Waals surface area (Å²) in [4.78, 5) is 0. The fourth-order valence-electron chi connectivity index (χ4n) is 2.54. The molecule has 2 atom stereocenters. The van der Waals surface area contributed by atoms with Crippen LogP contribution in [0.2, 0.25) is 0 Å². The van der Waals surface area contributed by atoms with Crippen molar-refractivity contribution < 1.29 is 9.47 Å². The molecule has 106 valence electrons. The van der Waals surface area contributed by atoms with Crippen molar-refractivity contribution in [1.82, 2.24) is 0 Å². The van der Waals surface area contributed by atoms with Gasteiger partial charge in [-0.05, 0) is 53.6 Å². The third kappa shape index (κ3) is 2.73. The average Bonchev–Trinajstić information content (AvgIpc) is 2.85. The number of nitrogens with two attached hydrogens (primary N) is 1. The molecule has 1 fully saturated rings. The van der Waals surface area contributed by atoms with Crippen molar-refractivity contribution in [2.24, 2.45) is 5.73 Å². The van der Waals surface area contributed by atoms with Gasteiger partial charge in [0, 0.05) is 16.4 Å². The molecule has 1 aliphatic rings. The maximum absolute atomic E-state index is 6.51. The molecule has 2 N–H and O–H groups in total. The maximum atomic E-state index is 6.51. The summed E-state index contributed by atoms with van der Waals surface area (Å²) in [5.41, 5.74) is 7.54. The molecule has 3 nitrogen and oxygen atoms in total. The normalized spacial score (nSPS) is 24.3. The average molecular weight is 346 g/mol. The summed E-state index contributed by atoms with van der Waals surface area (Å²) < 4.78 is 11.7. The van der Waals surface area contributed by atoms with Crippen LogP contribution in [0.4, 0.5) is 0 Å². The fraction of sp³-hybridized carbons (Fsp3) is 0.571. The summed E-state index contributed by atoms with van der Waals surface area (Å²) in [6.45, 7) is 2.24. The minimum Gasteiger partial charge on any atom is -0.495 e. The van der Waals surface area contributed by atoms with Gasteiger partial charge in [-0.3, -0.25) is 0 Å². The Morgan fingerprint density at radius 2 is 2.11 bits per heavy atom. The zero-order valence-corrected chi connectivity index (χ0v) is 13.9. The van der Waals surface area contributed by atoms with Gasteiger partial charge in [0.25, 0.3) is 0 Å². The number of hydrogen-bond donors (Lipinski definition) is 1. The van der Waals surface area contributed by atoms with Crippen molar-refractivity contribution in [3.63, 3.8) is 0 Å². The van der Waals surface area contributed by atoms with Crippen LogP contribution in [0.25, 0.3) is 0 Å². The molecule has 2 unspecified atom stereocenters. The first-order valence-corrected chi connectivity index (χ1v) is 8.11. The third-order valence-electron chi connectivity index (χ3n) is 3.76. The van der Waals surface area contributed by atoms with Gasteiger partial charge in [-0.2, -0.15) is 11.8 Å². The zero-order valence-electron chi connectivity index (χ0n) is 11.5. The Kier molecular flexibility index (Phi) is 4.69. The molecular formula is C14H20BrNO2S. The lowest BCUT2D eigenvalue weighted by molar-refractivity contribution is 0.378. The number of methoxy groups -OCH3 is 2. The molecule has 0 bridgehead atoms. The highest BCUT2D eigenvalue weighted by molar-refractivity contribution is 9.10. The van der Waals surface area contributed by atoms with Gasteiger partial charge in [0.05, 0.1) is 14.2 Å². The smallest absolute Gasteiger partial charge is 0.141 e. The number of hydrogen-bond acceptors (Lipinski definition) is 4. The van der Waals surface area contributed by atoms with E-state index in [1.165, 1.54) is 12.2 Å². The van der Waals surface area contributed by atoms with Crippen LogP contribution in [0.3, 0.4) is 0 Å². The lowest BCUT2D eigenvalue weighted by Crippen LogP contribution is -2.33. The van der Waals surface area contributed by atoms with Crippen LogP contribution < -0.4 is 15.2 Å². The van der Waals surface area contributed by atoms with E-state index in [4.69, 9.17) is 15.2 Å². The summed E-state index contributed by atoms with van der Waals surface area (Å²) in [7, 11) is 3.31. The number of ether oxygens (including phenoxy) is 2. The van der Waals surface area contributed by atoms with E-state index in [9.17, 15) is 0 Å². The maximum Gasteiger partial charge on any atom is 0.141 e. The van der Waals surface area contributed by atoms with Crippen molar-refractivity contribution in [3.8, 4) is 11.5 Å². The van der Waals surface area contributed by atoms with Gasteiger partial charge in [-0.25, -0.2) is 0 Å². The molecule has 0 amide bonds.